The van der Waals surface area contributed by atoms with Crippen molar-refractivity contribution in [3.05, 3.63) is 41.1 Å². The number of hydrogen-bond acceptors (Lipinski definition) is 2. The Morgan fingerprint density at radius 2 is 2.24 bits per heavy atom. The van der Waals surface area contributed by atoms with E-state index in [1.54, 1.807) is 0 Å². The zero-order chi connectivity index (χ0) is 14.4. The highest BCUT2D eigenvalue weighted by Crippen LogP contribution is 2.36. The summed E-state index contributed by atoms with van der Waals surface area (Å²) in [5, 5.41) is 11.2. The van der Waals surface area contributed by atoms with E-state index < -0.39 is 0 Å². The Bertz CT molecular complexity index is 843. The van der Waals surface area contributed by atoms with E-state index in [0.717, 1.165) is 35.1 Å². The van der Waals surface area contributed by atoms with Crippen molar-refractivity contribution in [3.63, 3.8) is 0 Å². The predicted octanol–water partition coefficient (Wildman–Crippen LogP) is 2.41. The summed E-state index contributed by atoms with van der Waals surface area (Å²) in [6, 6.07) is 5.83. The maximum atomic E-state index is 12.0. The SMILES string of the molecule is CCNC(=O)c1ccc2[nH]c3c(c2c1)CCc1cn[nH]c1-3. The van der Waals surface area contributed by atoms with Crippen molar-refractivity contribution in [1.82, 2.24) is 20.5 Å². The van der Waals surface area contributed by atoms with Crippen LogP contribution in [0, 0.1) is 0 Å². The monoisotopic (exact) mass is 280 g/mol. The Kier molecular flexibility index (Phi) is 2.60. The van der Waals surface area contributed by atoms with Crippen molar-refractivity contribution in [3.8, 4) is 11.4 Å². The fourth-order valence-corrected chi connectivity index (χ4v) is 3.10. The molecule has 1 amide bonds. The third-order valence-electron chi connectivity index (χ3n) is 4.12. The molecule has 0 saturated carbocycles. The lowest BCUT2D eigenvalue weighted by molar-refractivity contribution is 0.0956. The minimum Gasteiger partial charge on any atom is -0.353 e. The smallest absolute Gasteiger partial charge is 0.251 e. The number of benzene rings is 1. The molecule has 0 radical (unpaired) electrons. The number of amides is 1. The van der Waals surface area contributed by atoms with Crippen LogP contribution in [-0.4, -0.2) is 27.6 Å². The van der Waals surface area contributed by atoms with Crippen molar-refractivity contribution in [1.29, 1.82) is 0 Å². The molecule has 1 aromatic carbocycles. The van der Waals surface area contributed by atoms with Gasteiger partial charge in [0.25, 0.3) is 5.91 Å². The van der Waals surface area contributed by atoms with Crippen molar-refractivity contribution in [2.24, 2.45) is 0 Å². The van der Waals surface area contributed by atoms with Gasteiger partial charge in [-0.05, 0) is 49.1 Å². The van der Waals surface area contributed by atoms with Gasteiger partial charge >= 0.3 is 0 Å². The third-order valence-corrected chi connectivity index (χ3v) is 4.12. The second kappa shape index (κ2) is 4.48. The fourth-order valence-electron chi connectivity index (χ4n) is 3.10. The van der Waals surface area contributed by atoms with E-state index in [4.69, 9.17) is 0 Å². The molecule has 2 heterocycles. The van der Waals surface area contributed by atoms with Crippen LogP contribution in [0.1, 0.15) is 28.4 Å². The zero-order valence-electron chi connectivity index (χ0n) is 11.8. The van der Waals surface area contributed by atoms with E-state index >= 15 is 0 Å². The van der Waals surface area contributed by atoms with Crippen molar-refractivity contribution < 1.29 is 4.79 Å². The Labute approximate surface area is 121 Å². The van der Waals surface area contributed by atoms with Gasteiger partial charge in [0.1, 0.15) is 0 Å². The van der Waals surface area contributed by atoms with Crippen LogP contribution in [-0.2, 0) is 12.8 Å². The molecule has 21 heavy (non-hydrogen) atoms. The predicted molar refractivity (Wildman–Crippen MR) is 81.3 cm³/mol. The van der Waals surface area contributed by atoms with Crippen LogP contribution in [0.2, 0.25) is 0 Å². The van der Waals surface area contributed by atoms with Crippen molar-refractivity contribution in [2.45, 2.75) is 19.8 Å². The number of nitrogens with zero attached hydrogens (tertiary/aromatic N) is 1. The van der Waals surface area contributed by atoms with Crippen LogP contribution in [0.4, 0.5) is 0 Å². The number of carbonyl (C=O) groups is 1. The van der Waals surface area contributed by atoms with Crippen LogP contribution in [0.25, 0.3) is 22.3 Å². The van der Waals surface area contributed by atoms with E-state index in [0.29, 0.717) is 12.1 Å². The first-order chi connectivity index (χ1) is 10.3. The van der Waals surface area contributed by atoms with Crippen LogP contribution >= 0.6 is 0 Å². The molecule has 4 rings (SSSR count). The lowest BCUT2D eigenvalue weighted by Gasteiger charge is -2.11. The lowest BCUT2D eigenvalue weighted by Crippen LogP contribution is -2.22. The van der Waals surface area contributed by atoms with Crippen LogP contribution in [0.15, 0.2) is 24.4 Å². The average Bonchev–Trinajstić information content (AvgIpc) is 3.10. The number of aryl methyl sites for hydroxylation is 2. The summed E-state index contributed by atoms with van der Waals surface area (Å²) in [6.07, 6.45) is 3.85. The zero-order valence-corrected chi connectivity index (χ0v) is 11.8. The summed E-state index contributed by atoms with van der Waals surface area (Å²) in [7, 11) is 0. The minimum atomic E-state index is -0.0209. The summed E-state index contributed by atoms with van der Waals surface area (Å²) in [4.78, 5) is 15.5. The van der Waals surface area contributed by atoms with Gasteiger partial charge in [-0.2, -0.15) is 5.10 Å². The molecular formula is C16H16N4O. The van der Waals surface area contributed by atoms with Crippen LogP contribution < -0.4 is 5.32 Å². The number of fused-ring (bicyclic) bond motifs is 5. The molecule has 0 atom stereocenters. The van der Waals surface area contributed by atoms with Gasteiger partial charge in [0.15, 0.2) is 0 Å². The van der Waals surface area contributed by atoms with E-state index in [1.807, 2.05) is 31.3 Å². The number of H-pyrrole nitrogens is 2. The Hall–Kier alpha value is -2.56. The molecule has 106 valence electrons. The van der Waals surface area contributed by atoms with E-state index in [2.05, 4.69) is 20.5 Å². The lowest BCUT2D eigenvalue weighted by atomic mass is 9.93. The van der Waals surface area contributed by atoms with Crippen molar-refractivity contribution in [2.75, 3.05) is 6.54 Å². The molecule has 0 saturated heterocycles. The summed E-state index contributed by atoms with van der Waals surface area (Å²) in [6.45, 7) is 2.56. The second-order valence-corrected chi connectivity index (χ2v) is 5.37. The van der Waals surface area contributed by atoms with Crippen LogP contribution in [0.3, 0.4) is 0 Å². The standard InChI is InChI=1S/C16H16N4O/c1-2-17-16(21)9-4-6-13-12(7-9)11-5-3-10-8-18-20-14(10)15(11)19-13/h4,6-8,19H,2-3,5H2,1H3,(H,17,21)(H,18,20). The van der Waals surface area contributed by atoms with Gasteiger partial charge < -0.3 is 10.3 Å². The molecular weight excluding hydrogens is 264 g/mol. The number of aromatic amines is 2. The first kappa shape index (κ1) is 12.2. The third kappa shape index (κ3) is 1.77. The molecule has 0 fully saturated rings. The molecule has 0 spiro atoms. The summed E-state index contributed by atoms with van der Waals surface area (Å²) < 4.78 is 0. The molecule has 1 aliphatic rings. The van der Waals surface area contributed by atoms with Gasteiger partial charge in [-0.1, -0.05) is 0 Å². The summed E-state index contributed by atoms with van der Waals surface area (Å²) >= 11 is 0. The first-order valence-corrected chi connectivity index (χ1v) is 7.23. The highest BCUT2D eigenvalue weighted by atomic mass is 16.1. The van der Waals surface area contributed by atoms with E-state index in [-0.39, 0.29) is 5.91 Å². The molecule has 3 aromatic rings. The number of aromatic nitrogens is 3. The van der Waals surface area contributed by atoms with Gasteiger partial charge in [0, 0.05) is 23.0 Å². The maximum Gasteiger partial charge on any atom is 0.251 e. The molecule has 0 aliphatic heterocycles. The normalized spacial score (nSPS) is 13.0. The molecule has 0 unspecified atom stereocenters. The number of carbonyl (C=O) groups excluding carboxylic acids is 1. The average molecular weight is 280 g/mol. The second-order valence-electron chi connectivity index (χ2n) is 5.37. The van der Waals surface area contributed by atoms with E-state index in [1.165, 1.54) is 11.1 Å². The molecule has 1 aliphatic carbocycles. The molecule has 5 heteroatoms. The first-order valence-electron chi connectivity index (χ1n) is 7.23. The summed E-state index contributed by atoms with van der Waals surface area (Å²) in [5.41, 5.74) is 6.48. The van der Waals surface area contributed by atoms with E-state index in [9.17, 15) is 4.79 Å². The highest BCUT2D eigenvalue weighted by molar-refractivity contribution is 6.00. The summed E-state index contributed by atoms with van der Waals surface area (Å²) in [5.74, 6) is -0.0209. The molecule has 5 nitrogen and oxygen atoms in total. The fraction of sp³-hybridized carbons (Fsp3) is 0.250. The largest absolute Gasteiger partial charge is 0.353 e. The number of nitrogens with one attached hydrogen (secondary N) is 3. The minimum absolute atomic E-state index is 0.0209. The molecule has 0 bridgehead atoms. The number of rotatable bonds is 2. The highest BCUT2D eigenvalue weighted by Gasteiger charge is 2.22. The van der Waals surface area contributed by atoms with Gasteiger partial charge in [0.2, 0.25) is 0 Å². The van der Waals surface area contributed by atoms with Crippen LogP contribution in [0.5, 0.6) is 0 Å². The van der Waals surface area contributed by atoms with Crippen molar-refractivity contribution >= 4 is 16.8 Å². The Balaban J connectivity index is 1.88. The quantitative estimate of drug-likeness (QED) is 0.674. The maximum absolute atomic E-state index is 12.0. The van der Waals surface area contributed by atoms with Gasteiger partial charge in [0.05, 0.1) is 17.6 Å². The molecule has 2 aromatic heterocycles. The van der Waals surface area contributed by atoms with Gasteiger partial charge in [-0.15, -0.1) is 0 Å². The Morgan fingerprint density at radius 1 is 1.33 bits per heavy atom. The molecule has 3 N–H and O–H groups in total. The van der Waals surface area contributed by atoms with Gasteiger partial charge in [-0.25, -0.2) is 0 Å². The topological polar surface area (TPSA) is 73.6 Å². The van der Waals surface area contributed by atoms with Gasteiger partial charge in [-0.3, -0.25) is 9.89 Å². The number of hydrogen-bond donors (Lipinski definition) is 3. The Morgan fingerprint density at radius 3 is 3.10 bits per heavy atom.